The van der Waals surface area contributed by atoms with Crippen LogP contribution in [0.1, 0.15) is 26.3 Å². The fourth-order valence-corrected chi connectivity index (χ4v) is 0.991. The maximum atomic E-state index is 5.83. The summed E-state index contributed by atoms with van der Waals surface area (Å²) < 4.78 is 5.28. The van der Waals surface area contributed by atoms with E-state index in [1.807, 2.05) is 45.9 Å². The van der Waals surface area contributed by atoms with Crippen molar-refractivity contribution in [2.24, 2.45) is 0 Å². The van der Waals surface area contributed by atoms with Crippen LogP contribution in [-0.2, 0) is 0 Å². The summed E-state index contributed by atoms with van der Waals surface area (Å²) in [6.07, 6.45) is 0. The minimum Gasteiger partial charge on any atom is -0.494 e. The first-order valence-electron chi connectivity index (χ1n) is 4.63. The molecule has 1 rings (SSSR count). The van der Waals surface area contributed by atoms with Crippen molar-refractivity contribution in [3.8, 4) is 5.75 Å². The summed E-state index contributed by atoms with van der Waals surface area (Å²) in [6, 6.07) is 5.66. The summed E-state index contributed by atoms with van der Waals surface area (Å²) in [5.74, 6) is 0.884. The molecule has 74 valence electrons. The number of benzene rings is 1. The zero-order chi connectivity index (χ0) is 10.3. The van der Waals surface area contributed by atoms with Crippen molar-refractivity contribution in [2.75, 3.05) is 6.61 Å². The lowest BCUT2D eigenvalue weighted by atomic mass is 10.2. The minimum absolute atomic E-state index is 0.696. The van der Waals surface area contributed by atoms with Crippen LogP contribution in [0.3, 0.4) is 0 Å². The van der Waals surface area contributed by atoms with Crippen molar-refractivity contribution in [3.63, 3.8) is 0 Å². The van der Waals surface area contributed by atoms with E-state index in [-0.39, 0.29) is 0 Å². The lowest BCUT2D eigenvalue weighted by molar-refractivity contribution is 0.340. The van der Waals surface area contributed by atoms with Crippen LogP contribution in [0, 0.1) is 6.92 Å². The molecular formula is C11H17ClO. The second-order valence-electron chi connectivity index (χ2n) is 2.34. The Morgan fingerprint density at radius 3 is 2.38 bits per heavy atom. The fraction of sp³-hybridized carbons (Fsp3) is 0.455. The van der Waals surface area contributed by atoms with E-state index < -0.39 is 0 Å². The highest BCUT2D eigenvalue weighted by Gasteiger charge is 1.96. The van der Waals surface area contributed by atoms with Gasteiger partial charge in [0.15, 0.2) is 0 Å². The van der Waals surface area contributed by atoms with Gasteiger partial charge in [0.05, 0.1) is 6.61 Å². The molecule has 0 N–H and O–H groups in total. The molecule has 0 aromatic heterocycles. The number of aryl methyl sites for hydroxylation is 1. The average Bonchev–Trinajstić information content (AvgIpc) is 2.15. The van der Waals surface area contributed by atoms with Crippen LogP contribution in [0.25, 0.3) is 0 Å². The van der Waals surface area contributed by atoms with E-state index in [1.165, 1.54) is 0 Å². The quantitative estimate of drug-likeness (QED) is 0.699. The van der Waals surface area contributed by atoms with Crippen LogP contribution in [0.5, 0.6) is 5.75 Å². The van der Waals surface area contributed by atoms with Gasteiger partial charge in [-0.2, -0.15) is 0 Å². The Morgan fingerprint density at radius 2 is 1.92 bits per heavy atom. The normalized spacial score (nSPS) is 8.69. The van der Waals surface area contributed by atoms with E-state index >= 15 is 0 Å². The van der Waals surface area contributed by atoms with Gasteiger partial charge in [-0.3, -0.25) is 0 Å². The van der Waals surface area contributed by atoms with Crippen LogP contribution in [0.2, 0.25) is 5.02 Å². The molecule has 0 spiro atoms. The molecule has 0 radical (unpaired) electrons. The van der Waals surface area contributed by atoms with Crippen molar-refractivity contribution in [1.29, 1.82) is 0 Å². The highest BCUT2D eigenvalue weighted by molar-refractivity contribution is 6.31. The first-order valence-corrected chi connectivity index (χ1v) is 5.00. The SMILES string of the molecule is CC.CCOc1ccc(Cl)c(C)c1. The van der Waals surface area contributed by atoms with Crippen molar-refractivity contribution in [3.05, 3.63) is 28.8 Å². The topological polar surface area (TPSA) is 9.23 Å². The zero-order valence-corrected chi connectivity index (χ0v) is 9.48. The number of halogens is 1. The van der Waals surface area contributed by atoms with E-state index in [1.54, 1.807) is 0 Å². The smallest absolute Gasteiger partial charge is 0.119 e. The lowest BCUT2D eigenvalue weighted by Crippen LogP contribution is -1.91. The van der Waals surface area contributed by atoms with Gasteiger partial charge in [-0.05, 0) is 37.6 Å². The monoisotopic (exact) mass is 200 g/mol. The summed E-state index contributed by atoms with van der Waals surface area (Å²) in [5, 5.41) is 0.786. The Balaban J connectivity index is 0.000000671. The number of rotatable bonds is 2. The van der Waals surface area contributed by atoms with Crippen LogP contribution < -0.4 is 4.74 Å². The summed E-state index contributed by atoms with van der Waals surface area (Å²) >= 11 is 5.83. The largest absolute Gasteiger partial charge is 0.494 e. The summed E-state index contributed by atoms with van der Waals surface area (Å²) in [6.45, 7) is 8.62. The van der Waals surface area contributed by atoms with Gasteiger partial charge in [-0.25, -0.2) is 0 Å². The third kappa shape index (κ3) is 4.18. The molecule has 2 heteroatoms. The molecule has 0 aliphatic carbocycles. The Morgan fingerprint density at radius 1 is 1.31 bits per heavy atom. The van der Waals surface area contributed by atoms with Crippen molar-refractivity contribution >= 4 is 11.6 Å². The van der Waals surface area contributed by atoms with E-state index in [4.69, 9.17) is 16.3 Å². The van der Waals surface area contributed by atoms with Crippen LogP contribution >= 0.6 is 11.6 Å². The van der Waals surface area contributed by atoms with Gasteiger partial charge in [0, 0.05) is 5.02 Å². The molecule has 0 fully saturated rings. The van der Waals surface area contributed by atoms with Gasteiger partial charge in [-0.15, -0.1) is 0 Å². The standard InChI is InChI=1S/C9H11ClO.C2H6/c1-3-11-8-4-5-9(10)7(2)6-8;1-2/h4-6H,3H2,1-2H3;1-2H3. The first-order chi connectivity index (χ1) is 6.24. The predicted molar refractivity (Wildman–Crippen MR) is 58.7 cm³/mol. The number of hydrogen-bond donors (Lipinski definition) is 0. The fourth-order valence-electron chi connectivity index (χ4n) is 0.874. The predicted octanol–water partition coefficient (Wildman–Crippen LogP) is 4.07. The molecule has 0 saturated carbocycles. The Labute approximate surface area is 85.7 Å². The van der Waals surface area contributed by atoms with Gasteiger partial charge >= 0.3 is 0 Å². The maximum Gasteiger partial charge on any atom is 0.119 e. The van der Waals surface area contributed by atoms with Crippen LogP contribution in [0.4, 0.5) is 0 Å². The molecule has 0 saturated heterocycles. The van der Waals surface area contributed by atoms with Crippen LogP contribution in [0.15, 0.2) is 18.2 Å². The Bertz CT molecular complexity index is 246. The van der Waals surface area contributed by atoms with Gasteiger partial charge < -0.3 is 4.74 Å². The van der Waals surface area contributed by atoms with E-state index in [0.29, 0.717) is 6.61 Å². The van der Waals surface area contributed by atoms with Gasteiger partial charge in [0.1, 0.15) is 5.75 Å². The van der Waals surface area contributed by atoms with Crippen molar-refractivity contribution < 1.29 is 4.74 Å². The summed E-state index contributed by atoms with van der Waals surface area (Å²) in [4.78, 5) is 0. The number of hydrogen-bond acceptors (Lipinski definition) is 1. The van der Waals surface area contributed by atoms with Crippen molar-refractivity contribution in [1.82, 2.24) is 0 Å². The van der Waals surface area contributed by atoms with E-state index in [2.05, 4.69) is 0 Å². The molecular weight excluding hydrogens is 184 g/mol. The molecule has 0 aliphatic heterocycles. The maximum absolute atomic E-state index is 5.83. The van der Waals surface area contributed by atoms with Gasteiger partial charge in [0.2, 0.25) is 0 Å². The van der Waals surface area contributed by atoms with Gasteiger partial charge in [-0.1, -0.05) is 25.4 Å². The van der Waals surface area contributed by atoms with E-state index in [9.17, 15) is 0 Å². The molecule has 13 heavy (non-hydrogen) atoms. The highest BCUT2D eigenvalue weighted by Crippen LogP contribution is 2.20. The third-order valence-electron chi connectivity index (χ3n) is 1.44. The molecule has 1 nitrogen and oxygen atoms in total. The molecule has 0 aliphatic rings. The Kier molecular flexibility index (Phi) is 6.43. The minimum atomic E-state index is 0.696. The molecule has 0 heterocycles. The summed E-state index contributed by atoms with van der Waals surface area (Å²) in [5.41, 5.74) is 1.05. The lowest BCUT2D eigenvalue weighted by Gasteiger charge is -2.03. The molecule has 0 atom stereocenters. The molecule has 0 bridgehead atoms. The summed E-state index contributed by atoms with van der Waals surface area (Å²) in [7, 11) is 0. The third-order valence-corrected chi connectivity index (χ3v) is 1.86. The molecule has 0 amide bonds. The van der Waals surface area contributed by atoms with Gasteiger partial charge in [0.25, 0.3) is 0 Å². The molecule has 0 unspecified atom stereocenters. The first kappa shape index (κ1) is 12.3. The molecule has 1 aromatic rings. The highest BCUT2D eigenvalue weighted by atomic mass is 35.5. The van der Waals surface area contributed by atoms with Crippen molar-refractivity contribution in [2.45, 2.75) is 27.7 Å². The molecule has 1 aromatic carbocycles. The zero-order valence-electron chi connectivity index (χ0n) is 8.73. The number of ether oxygens (including phenoxy) is 1. The van der Waals surface area contributed by atoms with Crippen LogP contribution in [-0.4, -0.2) is 6.61 Å². The average molecular weight is 201 g/mol. The Hall–Kier alpha value is -0.690. The second-order valence-corrected chi connectivity index (χ2v) is 2.75. The van der Waals surface area contributed by atoms with E-state index in [0.717, 1.165) is 16.3 Å². The second kappa shape index (κ2) is 6.79.